The molecule has 5 heteroatoms. The summed E-state index contributed by atoms with van der Waals surface area (Å²) in [6.07, 6.45) is 1.20. The summed E-state index contributed by atoms with van der Waals surface area (Å²) in [4.78, 5) is 14.8. The Balaban J connectivity index is 1.86. The molecule has 0 bridgehead atoms. The van der Waals surface area contributed by atoms with E-state index in [1.54, 1.807) is 0 Å². The lowest BCUT2D eigenvalue weighted by atomic mass is 10.1. The van der Waals surface area contributed by atoms with Gasteiger partial charge in [-0.15, -0.1) is 0 Å². The molecule has 1 N–H and O–H groups in total. The van der Waals surface area contributed by atoms with Crippen LogP contribution < -0.4 is 0 Å². The first-order valence-corrected chi connectivity index (χ1v) is 6.59. The lowest BCUT2D eigenvalue weighted by Crippen LogP contribution is -2.15. The fraction of sp³-hybridized carbons (Fsp3) is 0.385. The second-order valence-corrected chi connectivity index (χ2v) is 5.03. The first-order valence-electron chi connectivity index (χ1n) is 5.80. The van der Waals surface area contributed by atoms with Gasteiger partial charge in [0.1, 0.15) is 6.10 Å². The number of hydrogen-bond donors (Lipinski definition) is 1. The summed E-state index contributed by atoms with van der Waals surface area (Å²) >= 11 is 3.48. The van der Waals surface area contributed by atoms with E-state index in [1.807, 2.05) is 24.3 Å². The number of carboxylic acid groups (broad SMARTS) is 1. The van der Waals surface area contributed by atoms with Crippen molar-refractivity contribution in [1.82, 2.24) is 0 Å². The number of carbonyl (C=O) groups is 1. The molecule has 1 atom stereocenters. The number of nitrogens with zero attached hydrogens (tertiary/aromatic N) is 1. The smallest absolute Gasteiger partial charge is 0.303 e. The number of ether oxygens (including phenoxy) is 1. The van der Waals surface area contributed by atoms with Gasteiger partial charge >= 0.3 is 5.97 Å². The van der Waals surface area contributed by atoms with E-state index >= 15 is 0 Å². The molecule has 0 saturated carbocycles. The topological polar surface area (TPSA) is 58.9 Å². The van der Waals surface area contributed by atoms with Crippen molar-refractivity contribution >= 4 is 27.8 Å². The highest BCUT2D eigenvalue weighted by atomic mass is 79.9. The summed E-state index contributed by atoms with van der Waals surface area (Å²) in [5, 5.41) is 8.61. The molecule has 0 saturated heterocycles. The highest BCUT2D eigenvalue weighted by Crippen LogP contribution is 2.19. The third-order valence-corrected chi connectivity index (χ3v) is 3.53. The summed E-state index contributed by atoms with van der Waals surface area (Å²) in [7, 11) is 0. The zero-order valence-corrected chi connectivity index (χ0v) is 11.4. The van der Waals surface area contributed by atoms with Crippen molar-refractivity contribution in [3.8, 4) is 0 Å². The summed E-state index contributed by atoms with van der Waals surface area (Å²) in [5.41, 5.74) is 1.12. The zero-order valence-electron chi connectivity index (χ0n) is 9.80. The van der Waals surface area contributed by atoms with Crippen molar-refractivity contribution in [2.24, 2.45) is 4.99 Å². The highest BCUT2D eigenvalue weighted by Gasteiger charge is 2.21. The van der Waals surface area contributed by atoms with E-state index < -0.39 is 5.97 Å². The average Bonchev–Trinajstić information content (AvgIpc) is 2.77. The van der Waals surface area contributed by atoms with Crippen LogP contribution in [-0.4, -0.2) is 29.6 Å². The van der Waals surface area contributed by atoms with Gasteiger partial charge in [0.15, 0.2) is 5.90 Å². The first-order chi connectivity index (χ1) is 8.65. The second kappa shape index (κ2) is 6.00. The Hall–Kier alpha value is -1.36. The molecule has 0 aromatic heterocycles. The zero-order chi connectivity index (χ0) is 13.0. The quantitative estimate of drug-likeness (QED) is 0.909. The molecule has 0 spiro atoms. The molecule has 4 nitrogen and oxygen atoms in total. The fourth-order valence-electron chi connectivity index (χ4n) is 1.81. The van der Waals surface area contributed by atoms with E-state index in [0.717, 1.165) is 10.0 Å². The third kappa shape index (κ3) is 3.57. The molecule has 0 fully saturated rings. The molecule has 0 aliphatic carbocycles. The predicted molar refractivity (Wildman–Crippen MR) is 71.9 cm³/mol. The Morgan fingerprint density at radius 1 is 1.50 bits per heavy atom. The summed E-state index contributed by atoms with van der Waals surface area (Å²) in [5.74, 6) is -0.102. The number of hydrogen-bond acceptors (Lipinski definition) is 3. The van der Waals surface area contributed by atoms with Gasteiger partial charge in [0.25, 0.3) is 0 Å². The number of halogens is 1. The Morgan fingerprint density at radius 2 is 2.28 bits per heavy atom. The van der Waals surface area contributed by atoms with Gasteiger partial charge in [-0.2, -0.15) is 0 Å². The van der Waals surface area contributed by atoms with Crippen molar-refractivity contribution in [2.45, 2.75) is 25.4 Å². The van der Waals surface area contributed by atoms with Crippen LogP contribution >= 0.6 is 15.9 Å². The number of aliphatic carboxylic acids is 1. The molecule has 2 rings (SSSR count). The van der Waals surface area contributed by atoms with Gasteiger partial charge in [-0.1, -0.05) is 34.1 Å². The predicted octanol–water partition coefficient (Wildman–Crippen LogP) is 2.65. The van der Waals surface area contributed by atoms with Gasteiger partial charge in [0.2, 0.25) is 0 Å². The van der Waals surface area contributed by atoms with Gasteiger partial charge in [-0.25, -0.2) is 0 Å². The SMILES string of the molecule is O=C(O)CCC1CN=C(Cc2ccccc2Br)O1. The minimum atomic E-state index is -0.794. The molecular formula is C13H14BrNO3. The number of carboxylic acids is 1. The van der Waals surface area contributed by atoms with E-state index in [9.17, 15) is 4.79 Å². The van der Waals surface area contributed by atoms with Crippen molar-refractivity contribution in [3.63, 3.8) is 0 Å². The fourth-order valence-corrected chi connectivity index (χ4v) is 2.23. The Kier molecular flexibility index (Phi) is 4.36. The lowest BCUT2D eigenvalue weighted by Gasteiger charge is -2.10. The van der Waals surface area contributed by atoms with Crippen molar-refractivity contribution in [3.05, 3.63) is 34.3 Å². The van der Waals surface area contributed by atoms with E-state index in [4.69, 9.17) is 9.84 Å². The van der Waals surface area contributed by atoms with Crippen LogP contribution in [0.1, 0.15) is 18.4 Å². The molecule has 1 heterocycles. The van der Waals surface area contributed by atoms with E-state index in [-0.39, 0.29) is 12.5 Å². The van der Waals surface area contributed by atoms with E-state index in [2.05, 4.69) is 20.9 Å². The van der Waals surface area contributed by atoms with Crippen LogP contribution in [0.25, 0.3) is 0 Å². The normalized spacial score (nSPS) is 18.3. The average molecular weight is 312 g/mol. The molecule has 1 unspecified atom stereocenters. The maximum absolute atomic E-state index is 10.5. The third-order valence-electron chi connectivity index (χ3n) is 2.75. The van der Waals surface area contributed by atoms with Gasteiger partial charge in [0, 0.05) is 17.3 Å². The van der Waals surface area contributed by atoms with Crippen LogP contribution in [0.15, 0.2) is 33.7 Å². The molecule has 0 radical (unpaired) electrons. The van der Waals surface area contributed by atoms with Gasteiger partial charge in [-0.05, 0) is 18.1 Å². The second-order valence-electron chi connectivity index (χ2n) is 4.17. The molecule has 0 amide bonds. The highest BCUT2D eigenvalue weighted by molar-refractivity contribution is 9.10. The molecule has 18 heavy (non-hydrogen) atoms. The first kappa shape index (κ1) is 13.1. The van der Waals surface area contributed by atoms with Crippen LogP contribution in [0.3, 0.4) is 0 Å². The van der Waals surface area contributed by atoms with Gasteiger partial charge < -0.3 is 9.84 Å². The van der Waals surface area contributed by atoms with Crippen LogP contribution in [-0.2, 0) is 16.0 Å². The minimum Gasteiger partial charge on any atom is -0.481 e. The Bertz CT molecular complexity index is 473. The molecule has 96 valence electrons. The molecule has 1 aromatic rings. The Labute approximate surface area is 114 Å². The number of benzene rings is 1. The number of rotatable bonds is 5. The lowest BCUT2D eigenvalue weighted by molar-refractivity contribution is -0.137. The van der Waals surface area contributed by atoms with Gasteiger partial charge in [-0.3, -0.25) is 9.79 Å². The number of aliphatic imine (C=N–C) groups is 1. The molecule has 1 aliphatic rings. The van der Waals surface area contributed by atoms with E-state index in [0.29, 0.717) is 25.3 Å². The monoisotopic (exact) mass is 311 g/mol. The van der Waals surface area contributed by atoms with Crippen molar-refractivity contribution in [1.29, 1.82) is 0 Å². The van der Waals surface area contributed by atoms with Crippen LogP contribution in [0.2, 0.25) is 0 Å². The molecule has 1 aliphatic heterocycles. The molecular weight excluding hydrogens is 298 g/mol. The summed E-state index contributed by atoms with van der Waals surface area (Å²) in [6, 6.07) is 7.92. The summed E-state index contributed by atoms with van der Waals surface area (Å²) in [6.45, 7) is 0.563. The maximum Gasteiger partial charge on any atom is 0.303 e. The van der Waals surface area contributed by atoms with Gasteiger partial charge in [0.05, 0.1) is 6.54 Å². The summed E-state index contributed by atoms with van der Waals surface area (Å²) < 4.78 is 6.67. The Morgan fingerprint density at radius 3 is 3.00 bits per heavy atom. The molecule has 1 aromatic carbocycles. The maximum atomic E-state index is 10.5. The minimum absolute atomic E-state index is 0.0846. The standard InChI is InChI=1S/C13H14BrNO3/c14-11-4-2-1-3-9(11)7-12-15-8-10(18-12)5-6-13(16)17/h1-4,10H,5-8H2,(H,16,17). The van der Waals surface area contributed by atoms with E-state index in [1.165, 1.54) is 0 Å². The van der Waals surface area contributed by atoms with Crippen LogP contribution in [0, 0.1) is 0 Å². The van der Waals surface area contributed by atoms with Crippen LogP contribution in [0.4, 0.5) is 0 Å². The van der Waals surface area contributed by atoms with Crippen molar-refractivity contribution < 1.29 is 14.6 Å². The largest absolute Gasteiger partial charge is 0.481 e. The van der Waals surface area contributed by atoms with Crippen molar-refractivity contribution in [2.75, 3.05) is 6.54 Å². The van der Waals surface area contributed by atoms with Crippen LogP contribution in [0.5, 0.6) is 0 Å².